The monoisotopic (exact) mass is 282 g/mol. The Morgan fingerprint density at radius 2 is 2.50 bits per heavy atom. The molecule has 2 heterocycles. The molecule has 1 aromatic heterocycles. The number of nitrogens with one attached hydrogen (secondary N) is 1. The number of aromatic nitrogens is 3. The summed E-state index contributed by atoms with van der Waals surface area (Å²) in [6.07, 6.45) is 5.31. The van der Waals surface area contributed by atoms with E-state index in [1.807, 2.05) is 13.1 Å². The predicted molar refractivity (Wildman–Crippen MR) is 72.2 cm³/mol. The molecule has 1 saturated heterocycles. The highest BCUT2D eigenvalue weighted by Crippen LogP contribution is 2.12. The fourth-order valence-corrected chi connectivity index (χ4v) is 2.09. The van der Waals surface area contributed by atoms with E-state index in [1.54, 1.807) is 4.68 Å². The van der Waals surface area contributed by atoms with E-state index in [-0.39, 0.29) is 18.6 Å². The summed E-state index contributed by atoms with van der Waals surface area (Å²) in [5, 5.41) is 10.6. The third-order valence-electron chi connectivity index (χ3n) is 3.13. The van der Waals surface area contributed by atoms with Crippen molar-refractivity contribution in [3.63, 3.8) is 0 Å². The Kier molecular flexibility index (Phi) is 5.94. The number of nitrogens with zero attached hydrogens (tertiary/aromatic N) is 3. The van der Waals surface area contributed by atoms with Gasteiger partial charge in [0.2, 0.25) is 5.91 Å². The van der Waals surface area contributed by atoms with Crippen LogP contribution in [0.3, 0.4) is 0 Å². The zero-order chi connectivity index (χ0) is 14.2. The second-order valence-corrected chi connectivity index (χ2v) is 4.98. The maximum Gasteiger partial charge on any atom is 0.246 e. The molecule has 0 aliphatic carbocycles. The van der Waals surface area contributed by atoms with Gasteiger partial charge in [-0.1, -0.05) is 5.21 Å². The van der Waals surface area contributed by atoms with Crippen LogP contribution in [0.4, 0.5) is 0 Å². The molecule has 2 rings (SSSR count). The number of hydrogen-bond acceptors (Lipinski definition) is 5. The van der Waals surface area contributed by atoms with E-state index in [0.29, 0.717) is 19.7 Å². The highest BCUT2D eigenvalue weighted by Gasteiger charge is 2.14. The summed E-state index contributed by atoms with van der Waals surface area (Å²) in [4.78, 5) is 11.6. The van der Waals surface area contributed by atoms with Gasteiger partial charge in [-0.15, -0.1) is 5.10 Å². The SMILES string of the molecule is Cc1cn(CCNC(=O)COC[C@@H]2CCCCO2)nn1. The van der Waals surface area contributed by atoms with E-state index in [2.05, 4.69) is 15.6 Å². The molecule has 0 unspecified atom stereocenters. The summed E-state index contributed by atoms with van der Waals surface area (Å²) in [5.41, 5.74) is 0.868. The molecule has 1 aromatic rings. The minimum Gasteiger partial charge on any atom is -0.376 e. The van der Waals surface area contributed by atoms with Crippen molar-refractivity contribution >= 4 is 5.91 Å². The van der Waals surface area contributed by atoms with Crippen LogP contribution < -0.4 is 5.32 Å². The molecular weight excluding hydrogens is 260 g/mol. The zero-order valence-corrected chi connectivity index (χ0v) is 11.9. The molecule has 7 heteroatoms. The fraction of sp³-hybridized carbons (Fsp3) is 0.769. The van der Waals surface area contributed by atoms with Crippen LogP contribution >= 0.6 is 0 Å². The normalized spacial score (nSPS) is 18.9. The Labute approximate surface area is 118 Å². The van der Waals surface area contributed by atoms with Crippen LogP contribution in [-0.2, 0) is 20.8 Å². The van der Waals surface area contributed by atoms with E-state index in [1.165, 1.54) is 6.42 Å². The van der Waals surface area contributed by atoms with E-state index in [4.69, 9.17) is 9.47 Å². The molecule has 1 amide bonds. The van der Waals surface area contributed by atoms with Gasteiger partial charge in [0.15, 0.2) is 0 Å². The highest BCUT2D eigenvalue weighted by atomic mass is 16.5. The molecule has 20 heavy (non-hydrogen) atoms. The Morgan fingerprint density at radius 1 is 1.60 bits per heavy atom. The Bertz CT molecular complexity index is 416. The van der Waals surface area contributed by atoms with Gasteiger partial charge in [0, 0.05) is 19.3 Å². The van der Waals surface area contributed by atoms with Gasteiger partial charge in [-0.2, -0.15) is 0 Å². The number of carbonyl (C=O) groups excluding carboxylic acids is 1. The number of hydrogen-bond donors (Lipinski definition) is 1. The fourth-order valence-electron chi connectivity index (χ4n) is 2.09. The summed E-state index contributed by atoms with van der Waals surface area (Å²) < 4.78 is 12.6. The number of amides is 1. The van der Waals surface area contributed by atoms with Crippen LogP contribution in [-0.4, -0.2) is 53.4 Å². The van der Waals surface area contributed by atoms with E-state index < -0.39 is 0 Å². The first-order chi connectivity index (χ1) is 9.74. The second kappa shape index (κ2) is 7.96. The molecule has 0 radical (unpaired) electrons. The van der Waals surface area contributed by atoms with Crippen LogP contribution in [0, 0.1) is 6.92 Å². The van der Waals surface area contributed by atoms with Crippen LogP contribution in [0.5, 0.6) is 0 Å². The van der Waals surface area contributed by atoms with Crippen LogP contribution in [0.2, 0.25) is 0 Å². The first-order valence-electron chi connectivity index (χ1n) is 7.07. The van der Waals surface area contributed by atoms with Gasteiger partial charge >= 0.3 is 0 Å². The molecule has 0 spiro atoms. The van der Waals surface area contributed by atoms with Crippen molar-refractivity contribution < 1.29 is 14.3 Å². The molecule has 112 valence electrons. The number of carbonyl (C=O) groups is 1. The van der Waals surface area contributed by atoms with Crippen molar-refractivity contribution in [2.45, 2.75) is 38.8 Å². The van der Waals surface area contributed by atoms with Crippen LogP contribution in [0.1, 0.15) is 25.0 Å². The maximum absolute atomic E-state index is 11.6. The molecule has 1 N–H and O–H groups in total. The highest BCUT2D eigenvalue weighted by molar-refractivity contribution is 5.77. The van der Waals surface area contributed by atoms with Crippen LogP contribution in [0.25, 0.3) is 0 Å². The lowest BCUT2D eigenvalue weighted by molar-refractivity contribution is -0.127. The molecule has 1 fully saturated rings. The first-order valence-corrected chi connectivity index (χ1v) is 7.07. The van der Waals surface area contributed by atoms with Gasteiger partial charge in [-0.05, 0) is 26.2 Å². The van der Waals surface area contributed by atoms with E-state index in [0.717, 1.165) is 25.1 Å². The third kappa shape index (κ3) is 5.26. The number of ether oxygens (including phenoxy) is 2. The molecule has 1 atom stereocenters. The average Bonchev–Trinajstić information content (AvgIpc) is 2.86. The van der Waals surface area contributed by atoms with Gasteiger partial charge in [-0.25, -0.2) is 0 Å². The van der Waals surface area contributed by atoms with Crippen molar-refractivity contribution in [2.75, 3.05) is 26.4 Å². The molecule has 0 aromatic carbocycles. The van der Waals surface area contributed by atoms with Crippen LogP contribution in [0.15, 0.2) is 6.20 Å². The van der Waals surface area contributed by atoms with Crippen molar-refractivity contribution in [3.05, 3.63) is 11.9 Å². The smallest absolute Gasteiger partial charge is 0.246 e. The third-order valence-corrected chi connectivity index (χ3v) is 3.13. The summed E-state index contributed by atoms with van der Waals surface area (Å²) >= 11 is 0. The van der Waals surface area contributed by atoms with Gasteiger partial charge in [0.1, 0.15) is 6.61 Å². The maximum atomic E-state index is 11.6. The predicted octanol–water partition coefficient (Wildman–Crippen LogP) is 0.288. The average molecular weight is 282 g/mol. The molecule has 0 saturated carbocycles. The van der Waals surface area contributed by atoms with Gasteiger partial charge in [-0.3, -0.25) is 9.48 Å². The Morgan fingerprint density at radius 3 is 3.20 bits per heavy atom. The molecular formula is C13H22N4O3. The first kappa shape index (κ1) is 14.9. The lowest BCUT2D eigenvalue weighted by Crippen LogP contribution is -2.32. The van der Waals surface area contributed by atoms with Crippen molar-refractivity contribution in [2.24, 2.45) is 0 Å². The van der Waals surface area contributed by atoms with Crippen molar-refractivity contribution in [3.8, 4) is 0 Å². The zero-order valence-electron chi connectivity index (χ0n) is 11.9. The standard InChI is InChI=1S/C13H22N4O3/c1-11-8-17(16-15-11)6-5-14-13(18)10-19-9-12-4-2-3-7-20-12/h8,12H,2-7,9-10H2,1H3,(H,14,18)/t12-/m0/s1. The van der Waals surface area contributed by atoms with Crippen molar-refractivity contribution in [1.29, 1.82) is 0 Å². The quantitative estimate of drug-likeness (QED) is 0.777. The summed E-state index contributed by atoms with van der Waals surface area (Å²) in [6, 6.07) is 0. The largest absolute Gasteiger partial charge is 0.376 e. The summed E-state index contributed by atoms with van der Waals surface area (Å²) in [6.45, 7) is 4.38. The topological polar surface area (TPSA) is 78.3 Å². The minimum absolute atomic E-state index is 0.0796. The van der Waals surface area contributed by atoms with E-state index in [9.17, 15) is 4.79 Å². The molecule has 0 bridgehead atoms. The minimum atomic E-state index is -0.113. The molecule has 7 nitrogen and oxygen atoms in total. The lowest BCUT2D eigenvalue weighted by Gasteiger charge is -2.22. The molecule has 1 aliphatic rings. The van der Waals surface area contributed by atoms with Gasteiger partial charge in [0.25, 0.3) is 0 Å². The van der Waals surface area contributed by atoms with E-state index >= 15 is 0 Å². The number of rotatable bonds is 7. The number of aryl methyl sites for hydroxylation is 1. The van der Waals surface area contributed by atoms with Gasteiger partial charge < -0.3 is 14.8 Å². The second-order valence-electron chi connectivity index (χ2n) is 4.98. The van der Waals surface area contributed by atoms with Crippen molar-refractivity contribution in [1.82, 2.24) is 20.3 Å². The van der Waals surface area contributed by atoms with Gasteiger partial charge in [0.05, 0.1) is 24.9 Å². The Hall–Kier alpha value is -1.47. The Balaban J connectivity index is 1.51. The lowest BCUT2D eigenvalue weighted by atomic mass is 10.1. The summed E-state index contributed by atoms with van der Waals surface area (Å²) in [5.74, 6) is -0.113. The molecule has 1 aliphatic heterocycles. The summed E-state index contributed by atoms with van der Waals surface area (Å²) in [7, 11) is 0.